The van der Waals surface area contributed by atoms with Crippen molar-refractivity contribution in [2.45, 2.75) is 39.8 Å². The Morgan fingerprint density at radius 3 is 2.50 bits per heavy atom. The molecule has 2 aromatic carbocycles. The van der Waals surface area contributed by atoms with Gasteiger partial charge in [-0.3, -0.25) is 10.1 Å². The number of allylic oxidation sites excluding steroid dienone is 1. The first-order chi connectivity index (χ1) is 16.2. The van der Waals surface area contributed by atoms with E-state index >= 15 is 0 Å². The van der Waals surface area contributed by atoms with E-state index < -0.39 is 23.0 Å². The van der Waals surface area contributed by atoms with Gasteiger partial charge in [0, 0.05) is 11.8 Å². The van der Waals surface area contributed by atoms with Crippen molar-refractivity contribution in [1.29, 1.82) is 0 Å². The Bertz CT molecular complexity index is 1130. The molecule has 1 heterocycles. The number of urea groups is 1. The van der Waals surface area contributed by atoms with E-state index in [1.54, 1.807) is 6.92 Å². The fourth-order valence-corrected chi connectivity index (χ4v) is 3.53. The van der Waals surface area contributed by atoms with Crippen LogP contribution < -0.4 is 20.1 Å². The summed E-state index contributed by atoms with van der Waals surface area (Å²) in [5.41, 5.74) is 2.29. The summed E-state index contributed by atoms with van der Waals surface area (Å²) in [6, 6.07) is 8.83. The number of methoxy groups -OCH3 is 1. The largest absolute Gasteiger partial charge is 0.493 e. The van der Waals surface area contributed by atoms with Crippen molar-refractivity contribution < 1.29 is 28.7 Å². The van der Waals surface area contributed by atoms with E-state index in [9.17, 15) is 19.7 Å². The normalized spacial score (nSPS) is 15.3. The average molecular weight is 469 g/mol. The Morgan fingerprint density at radius 1 is 1.18 bits per heavy atom. The minimum Gasteiger partial charge on any atom is -0.493 e. The first kappa shape index (κ1) is 24.6. The monoisotopic (exact) mass is 469 g/mol. The molecule has 10 heteroatoms. The summed E-state index contributed by atoms with van der Waals surface area (Å²) in [5.74, 6) is -0.575. The van der Waals surface area contributed by atoms with Crippen LogP contribution in [0.25, 0.3) is 0 Å². The summed E-state index contributed by atoms with van der Waals surface area (Å²) in [6.07, 6.45) is 0.620. The van der Waals surface area contributed by atoms with Crippen LogP contribution in [-0.2, 0) is 16.1 Å². The molecule has 0 bridgehead atoms. The molecule has 0 saturated carbocycles. The topological polar surface area (TPSA) is 129 Å². The third kappa shape index (κ3) is 5.45. The molecule has 0 fully saturated rings. The summed E-state index contributed by atoms with van der Waals surface area (Å²) in [5, 5.41) is 17.1. The van der Waals surface area contributed by atoms with Gasteiger partial charge in [-0.2, -0.15) is 0 Å². The predicted molar refractivity (Wildman–Crippen MR) is 124 cm³/mol. The Hall–Kier alpha value is -4.08. The van der Waals surface area contributed by atoms with Crippen LogP contribution in [-0.4, -0.2) is 30.6 Å². The highest BCUT2D eigenvalue weighted by Crippen LogP contribution is 2.42. The quantitative estimate of drug-likeness (QED) is 0.322. The molecule has 0 spiro atoms. The zero-order valence-electron chi connectivity index (χ0n) is 19.5. The molecule has 0 aromatic heterocycles. The van der Waals surface area contributed by atoms with E-state index in [0.29, 0.717) is 12.1 Å². The van der Waals surface area contributed by atoms with E-state index in [1.165, 1.54) is 19.2 Å². The Kier molecular flexibility index (Phi) is 7.72. The van der Waals surface area contributed by atoms with Gasteiger partial charge >= 0.3 is 17.7 Å². The van der Waals surface area contributed by atoms with E-state index in [2.05, 4.69) is 10.6 Å². The fraction of sp³-hybridized carbons (Fsp3) is 0.333. The maximum absolute atomic E-state index is 12.7. The highest BCUT2D eigenvalue weighted by molar-refractivity contribution is 5.95. The molecular formula is C24H27N3O7. The highest BCUT2D eigenvalue weighted by Gasteiger charge is 2.35. The van der Waals surface area contributed by atoms with Gasteiger partial charge in [0.1, 0.15) is 6.61 Å². The first-order valence-electron chi connectivity index (χ1n) is 10.7. The van der Waals surface area contributed by atoms with Crippen LogP contribution in [0.1, 0.15) is 43.0 Å². The number of amides is 2. The number of esters is 1. The molecule has 1 atom stereocenters. The number of ether oxygens (including phenoxy) is 3. The SMILES string of the molecule is CCCOC(=O)C1=C(C)NC(=O)NC1c1cc(OC)c(OCc2ccc(C)cc2)c([N+](=O)[O-])c1. The molecule has 1 aliphatic heterocycles. The van der Waals surface area contributed by atoms with Gasteiger partial charge in [0.2, 0.25) is 5.75 Å². The van der Waals surface area contributed by atoms with Crippen molar-refractivity contribution in [1.82, 2.24) is 10.6 Å². The second-order valence-electron chi connectivity index (χ2n) is 7.81. The second kappa shape index (κ2) is 10.7. The number of benzene rings is 2. The summed E-state index contributed by atoms with van der Waals surface area (Å²) in [7, 11) is 1.36. The maximum atomic E-state index is 12.7. The summed E-state index contributed by atoms with van der Waals surface area (Å²) >= 11 is 0. The van der Waals surface area contributed by atoms with Crippen molar-refractivity contribution in [3.05, 3.63) is 74.5 Å². The van der Waals surface area contributed by atoms with Crippen molar-refractivity contribution in [2.24, 2.45) is 0 Å². The van der Waals surface area contributed by atoms with Gasteiger partial charge in [-0.05, 0) is 37.5 Å². The molecule has 2 amide bonds. The standard InChI is InChI=1S/C24H27N3O7/c1-5-10-33-23(28)20-15(3)25-24(29)26-21(20)17-11-18(27(30)31)22(19(12-17)32-4)34-13-16-8-6-14(2)7-9-16/h6-9,11-12,21H,5,10,13H2,1-4H3,(H2,25,26,29). The van der Waals surface area contributed by atoms with E-state index in [-0.39, 0.29) is 41.5 Å². The van der Waals surface area contributed by atoms with Gasteiger partial charge < -0.3 is 24.8 Å². The number of nitrogens with zero attached hydrogens (tertiary/aromatic N) is 1. The molecule has 10 nitrogen and oxygen atoms in total. The minimum absolute atomic E-state index is 0.0482. The predicted octanol–water partition coefficient (Wildman–Crippen LogP) is 4.07. The molecule has 2 aromatic rings. The lowest BCUT2D eigenvalue weighted by Gasteiger charge is -2.28. The van der Waals surface area contributed by atoms with Crippen LogP contribution in [0.2, 0.25) is 0 Å². The number of nitro benzene ring substituents is 1. The molecule has 1 unspecified atom stereocenters. The Balaban J connectivity index is 2.02. The van der Waals surface area contributed by atoms with Gasteiger partial charge in [-0.1, -0.05) is 36.8 Å². The van der Waals surface area contributed by atoms with Crippen molar-refractivity contribution in [2.75, 3.05) is 13.7 Å². The van der Waals surface area contributed by atoms with Crippen LogP contribution in [0.4, 0.5) is 10.5 Å². The number of nitrogens with one attached hydrogen (secondary N) is 2. The minimum atomic E-state index is -0.975. The summed E-state index contributed by atoms with van der Waals surface area (Å²) < 4.78 is 16.5. The summed E-state index contributed by atoms with van der Waals surface area (Å²) in [6.45, 7) is 5.68. The lowest BCUT2D eigenvalue weighted by atomic mass is 9.94. The number of hydrogen-bond donors (Lipinski definition) is 2. The van der Waals surface area contributed by atoms with Crippen LogP contribution >= 0.6 is 0 Å². The number of hydrogen-bond acceptors (Lipinski definition) is 7. The number of nitro groups is 1. The fourth-order valence-electron chi connectivity index (χ4n) is 3.53. The molecular weight excluding hydrogens is 442 g/mol. The number of carbonyl (C=O) groups is 2. The highest BCUT2D eigenvalue weighted by atomic mass is 16.6. The van der Waals surface area contributed by atoms with E-state index in [1.807, 2.05) is 38.1 Å². The molecule has 0 aliphatic carbocycles. The molecule has 2 N–H and O–H groups in total. The molecule has 180 valence electrons. The third-order valence-electron chi connectivity index (χ3n) is 5.24. The van der Waals surface area contributed by atoms with Gasteiger partial charge in [0.15, 0.2) is 5.75 Å². The molecule has 34 heavy (non-hydrogen) atoms. The Labute approximate surface area is 197 Å². The van der Waals surface area contributed by atoms with Crippen molar-refractivity contribution in [3.63, 3.8) is 0 Å². The van der Waals surface area contributed by atoms with Crippen LogP contribution in [0.15, 0.2) is 47.7 Å². The number of carbonyl (C=O) groups excluding carboxylic acids is 2. The van der Waals surface area contributed by atoms with E-state index in [0.717, 1.165) is 11.1 Å². The van der Waals surface area contributed by atoms with Crippen LogP contribution in [0.3, 0.4) is 0 Å². The van der Waals surface area contributed by atoms with Crippen molar-refractivity contribution >= 4 is 17.7 Å². The maximum Gasteiger partial charge on any atom is 0.338 e. The lowest BCUT2D eigenvalue weighted by Crippen LogP contribution is -2.45. The van der Waals surface area contributed by atoms with E-state index in [4.69, 9.17) is 14.2 Å². The first-order valence-corrected chi connectivity index (χ1v) is 10.7. The Morgan fingerprint density at radius 2 is 1.88 bits per heavy atom. The van der Waals surface area contributed by atoms with Gasteiger partial charge in [-0.25, -0.2) is 9.59 Å². The summed E-state index contributed by atoms with van der Waals surface area (Å²) in [4.78, 5) is 36.2. The molecule has 1 aliphatic rings. The number of rotatable bonds is 9. The van der Waals surface area contributed by atoms with Crippen LogP contribution in [0.5, 0.6) is 11.5 Å². The smallest absolute Gasteiger partial charge is 0.338 e. The number of aryl methyl sites for hydroxylation is 1. The van der Waals surface area contributed by atoms with Gasteiger partial charge in [-0.15, -0.1) is 0 Å². The zero-order chi connectivity index (χ0) is 24.8. The third-order valence-corrected chi connectivity index (χ3v) is 5.24. The average Bonchev–Trinajstić information content (AvgIpc) is 2.81. The van der Waals surface area contributed by atoms with Crippen LogP contribution in [0, 0.1) is 17.0 Å². The molecule has 0 saturated heterocycles. The lowest BCUT2D eigenvalue weighted by molar-refractivity contribution is -0.386. The molecule has 0 radical (unpaired) electrons. The zero-order valence-corrected chi connectivity index (χ0v) is 19.5. The second-order valence-corrected chi connectivity index (χ2v) is 7.81. The van der Waals surface area contributed by atoms with Gasteiger partial charge in [0.05, 0.1) is 30.3 Å². The van der Waals surface area contributed by atoms with Gasteiger partial charge in [0.25, 0.3) is 0 Å². The molecule has 3 rings (SSSR count). The van der Waals surface area contributed by atoms with Crippen molar-refractivity contribution in [3.8, 4) is 11.5 Å².